The molecule has 2 N–H and O–H groups in total. The Morgan fingerprint density at radius 1 is 1.24 bits per heavy atom. The van der Waals surface area contributed by atoms with Crippen LogP contribution in [0.1, 0.15) is 18.6 Å². The molecule has 0 aromatic heterocycles. The molecule has 0 aliphatic carbocycles. The number of benzene rings is 1. The molecule has 1 rings (SSSR count). The topological polar surface area (TPSA) is 35.2 Å². The first-order valence-corrected chi connectivity index (χ1v) is 8.90. The lowest BCUT2D eigenvalue weighted by Gasteiger charge is -2.29. The third-order valence-electron chi connectivity index (χ3n) is 2.17. The van der Waals surface area contributed by atoms with Gasteiger partial charge in [0.25, 0.3) is 0 Å². The third-order valence-corrected chi connectivity index (χ3v) is 3.13. The summed E-state index contributed by atoms with van der Waals surface area (Å²) in [5.74, 6) is -0.247. The molecule has 5 heteroatoms. The first-order chi connectivity index (χ1) is 7.31. The lowest BCUT2D eigenvalue weighted by atomic mass is 10.0. The van der Waals surface area contributed by atoms with Crippen molar-refractivity contribution in [2.24, 2.45) is 5.73 Å². The van der Waals surface area contributed by atoms with E-state index < -0.39 is 8.32 Å². The van der Waals surface area contributed by atoms with Gasteiger partial charge in [-0.3, -0.25) is 0 Å². The zero-order chi connectivity index (χ0) is 12.3. The number of nitrogens with two attached hydrogens (primary N) is 1. The molecular formula is C12H21ClFNOSi. The van der Waals surface area contributed by atoms with Gasteiger partial charge in [-0.2, -0.15) is 0 Å². The maximum atomic E-state index is 13.7. The Morgan fingerprint density at radius 2 is 1.76 bits per heavy atom. The van der Waals surface area contributed by atoms with E-state index in [1.54, 1.807) is 18.2 Å². The van der Waals surface area contributed by atoms with Gasteiger partial charge >= 0.3 is 0 Å². The van der Waals surface area contributed by atoms with Gasteiger partial charge in [0.15, 0.2) is 8.32 Å². The molecule has 1 aromatic rings. The molecule has 0 spiro atoms. The molecule has 0 bridgehead atoms. The van der Waals surface area contributed by atoms with Crippen LogP contribution < -0.4 is 5.73 Å². The molecule has 0 amide bonds. The summed E-state index contributed by atoms with van der Waals surface area (Å²) in [6, 6.07) is 6.44. The van der Waals surface area contributed by atoms with Crippen LogP contribution in [0.15, 0.2) is 24.3 Å². The normalized spacial score (nSPS) is 14.9. The van der Waals surface area contributed by atoms with E-state index in [9.17, 15) is 4.39 Å². The second-order valence-corrected chi connectivity index (χ2v) is 9.49. The Bertz CT molecular complexity index is 355. The van der Waals surface area contributed by atoms with Crippen LogP contribution in [0.5, 0.6) is 0 Å². The molecule has 0 aliphatic heterocycles. The molecule has 98 valence electrons. The highest BCUT2D eigenvalue weighted by atomic mass is 35.5. The second-order valence-electron chi connectivity index (χ2n) is 5.03. The van der Waals surface area contributed by atoms with E-state index in [0.717, 1.165) is 0 Å². The molecule has 2 unspecified atom stereocenters. The molecule has 2 nitrogen and oxygen atoms in total. The summed E-state index contributed by atoms with van der Waals surface area (Å²) in [4.78, 5) is 0. The molecule has 0 heterocycles. The van der Waals surface area contributed by atoms with Crippen molar-refractivity contribution in [1.82, 2.24) is 0 Å². The summed E-state index contributed by atoms with van der Waals surface area (Å²) in [5.41, 5.74) is 6.43. The van der Waals surface area contributed by atoms with Gasteiger partial charge in [-0.05, 0) is 32.6 Å². The lowest BCUT2D eigenvalue weighted by Crippen LogP contribution is -2.36. The first-order valence-electron chi connectivity index (χ1n) is 5.49. The van der Waals surface area contributed by atoms with E-state index in [4.69, 9.17) is 10.2 Å². The number of rotatable bonds is 4. The highest BCUT2D eigenvalue weighted by Crippen LogP contribution is 2.26. The van der Waals surface area contributed by atoms with Crippen molar-refractivity contribution in [2.45, 2.75) is 38.7 Å². The summed E-state index contributed by atoms with van der Waals surface area (Å²) >= 11 is 0. The molecule has 0 radical (unpaired) electrons. The van der Waals surface area contributed by atoms with Crippen LogP contribution in [0.3, 0.4) is 0 Å². The molecule has 0 saturated carbocycles. The largest absolute Gasteiger partial charge is 0.409 e. The summed E-state index contributed by atoms with van der Waals surface area (Å²) in [5, 5.41) is 0. The van der Waals surface area contributed by atoms with Crippen molar-refractivity contribution in [3.63, 3.8) is 0 Å². The second kappa shape index (κ2) is 6.49. The van der Waals surface area contributed by atoms with Crippen LogP contribution in [-0.4, -0.2) is 14.4 Å². The first kappa shape index (κ1) is 16.6. The van der Waals surface area contributed by atoms with Gasteiger partial charge in [0.2, 0.25) is 0 Å². The maximum absolute atomic E-state index is 13.7. The van der Waals surface area contributed by atoms with Crippen molar-refractivity contribution >= 4 is 20.7 Å². The molecule has 2 atom stereocenters. The minimum atomic E-state index is -1.74. The monoisotopic (exact) mass is 277 g/mol. The van der Waals surface area contributed by atoms with E-state index in [1.807, 2.05) is 6.92 Å². The van der Waals surface area contributed by atoms with Crippen molar-refractivity contribution in [3.8, 4) is 0 Å². The van der Waals surface area contributed by atoms with Gasteiger partial charge in [-0.25, -0.2) is 4.39 Å². The van der Waals surface area contributed by atoms with Crippen molar-refractivity contribution in [3.05, 3.63) is 35.6 Å². The Kier molecular flexibility index (Phi) is 6.33. The minimum absolute atomic E-state index is 0. The Hall–Kier alpha value is -0.423. The van der Waals surface area contributed by atoms with Gasteiger partial charge in [-0.1, -0.05) is 18.2 Å². The average Bonchev–Trinajstić information content (AvgIpc) is 2.13. The average molecular weight is 278 g/mol. The highest BCUT2D eigenvalue weighted by molar-refractivity contribution is 6.69. The third kappa shape index (κ3) is 5.17. The predicted molar refractivity (Wildman–Crippen MR) is 74.5 cm³/mol. The fourth-order valence-electron chi connectivity index (χ4n) is 1.54. The van der Waals surface area contributed by atoms with Gasteiger partial charge in [0, 0.05) is 11.6 Å². The quantitative estimate of drug-likeness (QED) is 0.855. The smallest absolute Gasteiger partial charge is 0.184 e. The molecule has 0 saturated heterocycles. The predicted octanol–water partition coefficient (Wildman–Crippen LogP) is 3.49. The van der Waals surface area contributed by atoms with Crippen LogP contribution >= 0.6 is 12.4 Å². The summed E-state index contributed by atoms with van der Waals surface area (Å²) in [6.45, 7) is 8.06. The summed E-state index contributed by atoms with van der Waals surface area (Å²) in [6.07, 6.45) is -0.354. The number of halogens is 2. The Morgan fingerprint density at radius 3 is 2.18 bits per heavy atom. The van der Waals surface area contributed by atoms with E-state index in [0.29, 0.717) is 5.56 Å². The van der Waals surface area contributed by atoms with Gasteiger partial charge in [-0.15, -0.1) is 12.4 Å². The number of hydrogen-bond acceptors (Lipinski definition) is 2. The Balaban J connectivity index is 0.00000256. The lowest BCUT2D eigenvalue weighted by molar-refractivity contribution is 0.168. The summed E-state index contributed by atoms with van der Waals surface area (Å²) in [7, 11) is -1.74. The van der Waals surface area contributed by atoms with Gasteiger partial charge < -0.3 is 10.2 Å². The zero-order valence-electron chi connectivity index (χ0n) is 10.7. The zero-order valence-corrected chi connectivity index (χ0v) is 12.6. The van der Waals surface area contributed by atoms with Crippen molar-refractivity contribution in [1.29, 1.82) is 0 Å². The fourth-order valence-corrected chi connectivity index (χ4v) is 2.64. The van der Waals surface area contributed by atoms with Gasteiger partial charge in [0.05, 0.1) is 6.10 Å². The van der Waals surface area contributed by atoms with E-state index in [1.165, 1.54) is 6.07 Å². The van der Waals surface area contributed by atoms with Crippen molar-refractivity contribution < 1.29 is 8.82 Å². The minimum Gasteiger partial charge on any atom is -0.409 e. The van der Waals surface area contributed by atoms with Crippen LogP contribution in [0.2, 0.25) is 19.6 Å². The van der Waals surface area contributed by atoms with E-state index in [2.05, 4.69) is 19.6 Å². The maximum Gasteiger partial charge on any atom is 0.184 e. The molecule has 17 heavy (non-hydrogen) atoms. The van der Waals surface area contributed by atoms with Crippen LogP contribution in [0, 0.1) is 5.82 Å². The van der Waals surface area contributed by atoms with Crippen LogP contribution in [0.25, 0.3) is 0 Å². The highest BCUT2D eigenvalue weighted by Gasteiger charge is 2.26. The molecule has 0 aliphatic rings. The van der Waals surface area contributed by atoms with E-state index in [-0.39, 0.29) is 30.4 Å². The van der Waals surface area contributed by atoms with Crippen LogP contribution in [0.4, 0.5) is 4.39 Å². The molecule has 1 aromatic carbocycles. The van der Waals surface area contributed by atoms with E-state index >= 15 is 0 Å². The standard InChI is InChI=1S/C12H20FNOSi.ClH/c1-9(14)12(15-16(2,3)4)10-7-5-6-8-11(10)13;/h5-9,12H,14H2,1-4H3;1H. The van der Waals surface area contributed by atoms with Crippen LogP contribution in [-0.2, 0) is 4.43 Å². The fraction of sp³-hybridized carbons (Fsp3) is 0.500. The SMILES string of the molecule is CC(N)C(O[Si](C)(C)C)c1ccccc1F.Cl. The molecule has 0 fully saturated rings. The molecular weight excluding hydrogens is 257 g/mol. The van der Waals surface area contributed by atoms with Gasteiger partial charge in [0.1, 0.15) is 5.82 Å². The number of hydrogen-bond donors (Lipinski definition) is 1. The Labute approximate surface area is 110 Å². The summed E-state index contributed by atoms with van der Waals surface area (Å²) < 4.78 is 19.6. The van der Waals surface area contributed by atoms with Crippen molar-refractivity contribution in [2.75, 3.05) is 0 Å².